The van der Waals surface area contributed by atoms with E-state index in [9.17, 15) is 0 Å². The number of hydrogen-bond donors (Lipinski definition) is 2. The standard InChI is InChI=1S/C13H19N3/c1-7(2)9-5-12-13(15-9)6-11-10(16-12)4-8(3)14-11/h6-9,14-15H,4-5H2,1-3H3. The second kappa shape index (κ2) is 3.37. The molecule has 0 bridgehead atoms. The third kappa shape index (κ3) is 1.46. The van der Waals surface area contributed by atoms with Crippen LogP contribution in [0.25, 0.3) is 0 Å². The molecule has 2 atom stereocenters. The van der Waals surface area contributed by atoms with E-state index in [1.807, 2.05) is 0 Å². The van der Waals surface area contributed by atoms with E-state index in [0.717, 1.165) is 12.8 Å². The van der Waals surface area contributed by atoms with Gasteiger partial charge in [-0.3, -0.25) is 4.98 Å². The van der Waals surface area contributed by atoms with Gasteiger partial charge in [-0.1, -0.05) is 13.8 Å². The minimum absolute atomic E-state index is 0.533. The minimum Gasteiger partial charge on any atom is -0.381 e. The fourth-order valence-corrected chi connectivity index (χ4v) is 2.62. The van der Waals surface area contributed by atoms with E-state index in [4.69, 9.17) is 4.98 Å². The Morgan fingerprint density at radius 2 is 1.88 bits per heavy atom. The summed E-state index contributed by atoms with van der Waals surface area (Å²) in [5, 5.41) is 7.04. The molecule has 2 aliphatic heterocycles. The van der Waals surface area contributed by atoms with Gasteiger partial charge in [0.05, 0.1) is 22.8 Å². The van der Waals surface area contributed by atoms with Crippen molar-refractivity contribution in [2.45, 2.75) is 45.7 Å². The van der Waals surface area contributed by atoms with Crippen molar-refractivity contribution < 1.29 is 0 Å². The SMILES string of the molecule is CC1Cc2nc3c(cc2N1)NC(C(C)C)C3. The maximum Gasteiger partial charge on any atom is 0.0660 e. The molecule has 16 heavy (non-hydrogen) atoms. The summed E-state index contributed by atoms with van der Waals surface area (Å²) in [7, 11) is 0. The maximum atomic E-state index is 4.79. The summed E-state index contributed by atoms with van der Waals surface area (Å²) in [5.41, 5.74) is 4.97. The van der Waals surface area contributed by atoms with Gasteiger partial charge in [-0.2, -0.15) is 0 Å². The van der Waals surface area contributed by atoms with Gasteiger partial charge in [0.2, 0.25) is 0 Å². The molecule has 1 aromatic rings. The van der Waals surface area contributed by atoms with Gasteiger partial charge in [0.25, 0.3) is 0 Å². The lowest BCUT2D eigenvalue weighted by molar-refractivity contribution is 0.535. The molecular formula is C13H19N3. The minimum atomic E-state index is 0.533. The van der Waals surface area contributed by atoms with Crippen LogP contribution in [0.1, 0.15) is 32.2 Å². The summed E-state index contributed by atoms with van der Waals surface area (Å²) < 4.78 is 0. The van der Waals surface area contributed by atoms with Crippen molar-refractivity contribution in [2.75, 3.05) is 10.6 Å². The molecule has 3 heteroatoms. The second-order valence-corrected chi connectivity index (χ2v) is 5.43. The molecule has 0 fully saturated rings. The average molecular weight is 217 g/mol. The topological polar surface area (TPSA) is 37.0 Å². The Bertz CT molecular complexity index is 390. The summed E-state index contributed by atoms with van der Waals surface area (Å²) in [6, 6.07) is 3.33. The second-order valence-electron chi connectivity index (χ2n) is 5.43. The van der Waals surface area contributed by atoms with Crippen molar-refractivity contribution in [1.82, 2.24) is 4.98 Å². The van der Waals surface area contributed by atoms with Gasteiger partial charge in [-0.25, -0.2) is 0 Å². The lowest BCUT2D eigenvalue weighted by Crippen LogP contribution is -2.22. The Morgan fingerprint density at radius 1 is 1.19 bits per heavy atom. The van der Waals surface area contributed by atoms with Crippen LogP contribution in [-0.2, 0) is 12.8 Å². The van der Waals surface area contributed by atoms with E-state index in [1.165, 1.54) is 22.8 Å². The van der Waals surface area contributed by atoms with Crippen molar-refractivity contribution >= 4 is 11.4 Å². The van der Waals surface area contributed by atoms with E-state index >= 15 is 0 Å². The number of rotatable bonds is 1. The molecule has 0 amide bonds. The summed E-state index contributed by atoms with van der Waals surface area (Å²) in [5.74, 6) is 0.663. The predicted octanol–water partition coefficient (Wildman–Crippen LogP) is 2.43. The van der Waals surface area contributed by atoms with Gasteiger partial charge in [0.1, 0.15) is 0 Å². The highest BCUT2D eigenvalue weighted by atomic mass is 15.0. The molecule has 2 aliphatic rings. The molecule has 2 unspecified atom stereocenters. The zero-order chi connectivity index (χ0) is 11.3. The third-order valence-electron chi connectivity index (χ3n) is 3.64. The molecule has 3 heterocycles. The number of nitrogens with zero attached hydrogens (tertiary/aromatic N) is 1. The molecule has 0 aromatic carbocycles. The first-order valence-corrected chi connectivity index (χ1v) is 6.19. The van der Waals surface area contributed by atoms with Crippen molar-refractivity contribution in [3.05, 3.63) is 17.5 Å². The quantitative estimate of drug-likeness (QED) is 0.758. The molecule has 1 aromatic heterocycles. The Labute approximate surface area is 96.7 Å². The lowest BCUT2D eigenvalue weighted by Gasteiger charge is -2.14. The van der Waals surface area contributed by atoms with E-state index in [-0.39, 0.29) is 0 Å². The summed E-state index contributed by atoms with van der Waals surface area (Å²) >= 11 is 0. The van der Waals surface area contributed by atoms with Crippen LogP contribution in [0.5, 0.6) is 0 Å². The Hall–Kier alpha value is -1.25. The van der Waals surface area contributed by atoms with Crippen LogP contribution < -0.4 is 10.6 Å². The first-order chi connectivity index (χ1) is 7.63. The van der Waals surface area contributed by atoms with Gasteiger partial charge in [-0.15, -0.1) is 0 Å². The van der Waals surface area contributed by atoms with Gasteiger partial charge in [-0.05, 0) is 18.9 Å². The monoisotopic (exact) mass is 217 g/mol. The van der Waals surface area contributed by atoms with Crippen LogP contribution >= 0.6 is 0 Å². The molecule has 0 aliphatic carbocycles. The van der Waals surface area contributed by atoms with Crippen molar-refractivity contribution in [2.24, 2.45) is 5.92 Å². The van der Waals surface area contributed by atoms with Gasteiger partial charge >= 0.3 is 0 Å². The van der Waals surface area contributed by atoms with Crippen molar-refractivity contribution in [3.8, 4) is 0 Å². The largest absolute Gasteiger partial charge is 0.381 e. The molecule has 3 rings (SSSR count). The van der Waals surface area contributed by atoms with Gasteiger partial charge < -0.3 is 10.6 Å². The van der Waals surface area contributed by atoms with Gasteiger partial charge in [0.15, 0.2) is 0 Å². The van der Waals surface area contributed by atoms with Crippen LogP contribution in [-0.4, -0.2) is 17.1 Å². The molecule has 3 nitrogen and oxygen atoms in total. The molecule has 0 saturated carbocycles. The Morgan fingerprint density at radius 3 is 2.62 bits per heavy atom. The van der Waals surface area contributed by atoms with Crippen molar-refractivity contribution in [3.63, 3.8) is 0 Å². The van der Waals surface area contributed by atoms with Gasteiger partial charge in [0, 0.05) is 24.9 Å². The molecule has 0 radical (unpaired) electrons. The van der Waals surface area contributed by atoms with Crippen LogP contribution in [0, 0.1) is 5.92 Å². The van der Waals surface area contributed by atoms with Crippen LogP contribution in [0.2, 0.25) is 0 Å². The maximum absolute atomic E-state index is 4.79. The van der Waals surface area contributed by atoms with E-state index in [0.29, 0.717) is 18.0 Å². The Balaban J connectivity index is 1.92. The highest BCUT2D eigenvalue weighted by Crippen LogP contribution is 2.34. The number of nitrogens with one attached hydrogen (secondary N) is 2. The van der Waals surface area contributed by atoms with Crippen LogP contribution in [0.15, 0.2) is 6.07 Å². The molecule has 2 N–H and O–H groups in total. The van der Waals surface area contributed by atoms with E-state index < -0.39 is 0 Å². The fourth-order valence-electron chi connectivity index (χ4n) is 2.62. The number of hydrogen-bond acceptors (Lipinski definition) is 3. The van der Waals surface area contributed by atoms with Crippen LogP contribution in [0.3, 0.4) is 0 Å². The zero-order valence-electron chi connectivity index (χ0n) is 10.2. The van der Waals surface area contributed by atoms with Crippen molar-refractivity contribution in [1.29, 1.82) is 0 Å². The first kappa shape index (κ1) is 9.94. The highest BCUT2D eigenvalue weighted by molar-refractivity contribution is 5.66. The van der Waals surface area contributed by atoms with Crippen LogP contribution in [0.4, 0.5) is 11.4 Å². The smallest absolute Gasteiger partial charge is 0.0660 e. The predicted molar refractivity (Wildman–Crippen MR) is 67.0 cm³/mol. The fraction of sp³-hybridized carbons (Fsp3) is 0.615. The summed E-state index contributed by atoms with van der Waals surface area (Å²) in [6.07, 6.45) is 2.14. The third-order valence-corrected chi connectivity index (χ3v) is 3.64. The first-order valence-electron chi connectivity index (χ1n) is 6.19. The normalized spacial score (nSPS) is 26.2. The highest BCUT2D eigenvalue weighted by Gasteiger charge is 2.28. The lowest BCUT2D eigenvalue weighted by atomic mass is 10.0. The molecule has 0 spiro atoms. The van der Waals surface area contributed by atoms with E-state index in [2.05, 4.69) is 37.5 Å². The van der Waals surface area contributed by atoms with E-state index in [1.54, 1.807) is 0 Å². The molecular weight excluding hydrogens is 198 g/mol. The number of fused-ring (bicyclic) bond motifs is 2. The zero-order valence-corrected chi connectivity index (χ0v) is 10.2. The average Bonchev–Trinajstić information content (AvgIpc) is 2.74. The number of anilines is 2. The molecule has 0 saturated heterocycles. The Kier molecular flexibility index (Phi) is 2.09. The summed E-state index contributed by atoms with van der Waals surface area (Å²) in [6.45, 7) is 6.73. The number of pyridine rings is 1. The number of aromatic nitrogens is 1. The summed E-state index contributed by atoms with van der Waals surface area (Å²) in [4.78, 5) is 4.79. The molecule has 86 valence electrons.